The molecule has 0 unspecified atom stereocenters. The first kappa shape index (κ1) is 17.5. The number of ether oxygens (including phenoxy) is 1. The summed E-state index contributed by atoms with van der Waals surface area (Å²) in [6.45, 7) is 1.59. The van der Waals surface area contributed by atoms with Gasteiger partial charge in [-0.1, -0.05) is 12.1 Å². The third-order valence-corrected chi connectivity index (χ3v) is 5.04. The summed E-state index contributed by atoms with van der Waals surface area (Å²) in [5.74, 6) is -0.382. The van der Waals surface area contributed by atoms with Crippen LogP contribution in [0.25, 0.3) is 10.9 Å². The Kier molecular flexibility index (Phi) is 4.79. The molecule has 0 amide bonds. The Bertz CT molecular complexity index is 955. The number of methoxy groups -OCH3 is 1. The van der Waals surface area contributed by atoms with Crippen molar-refractivity contribution in [2.45, 2.75) is 18.9 Å². The van der Waals surface area contributed by atoms with Gasteiger partial charge in [0.05, 0.1) is 12.8 Å². The topological polar surface area (TPSA) is 37.4 Å². The Morgan fingerprint density at radius 1 is 1.11 bits per heavy atom. The fourth-order valence-corrected chi connectivity index (χ4v) is 3.69. The molecule has 0 radical (unpaired) electrons. The highest BCUT2D eigenvalue weighted by atomic mass is 19.1. The lowest BCUT2D eigenvalue weighted by molar-refractivity contribution is 0.415. The summed E-state index contributed by atoms with van der Waals surface area (Å²) >= 11 is 0. The molecule has 140 valence electrons. The molecule has 1 saturated heterocycles. The van der Waals surface area contributed by atoms with E-state index in [1.165, 1.54) is 6.07 Å². The summed E-state index contributed by atoms with van der Waals surface area (Å²) in [4.78, 5) is 6.24. The molecule has 27 heavy (non-hydrogen) atoms. The zero-order chi connectivity index (χ0) is 18.8. The smallest absolute Gasteiger partial charge is 0.152 e. The molecule has 3 aromatic rings. The molecule has 1 aliphatic heterocycles. The third kappa shape index (κ3) is 3.52. The van der Waals surface area contributed by atoms with Crippen LogP contribution in [0.4, 0.5) is 20.2 Å². The number of rotatable bonds is 4. The molecule has 1 N–H and O–H groups in total. The van der Waals surface area contributed by atoms with E-state index in [-0.39, 0.29) is 5.52 Å². The van der Waals surface area contributed by atoms with Crippen LogP contribution in [0.5, 0.6) is 5.75 Å². The minimum absolute atomic E-state index is 0.211. The van der Waals surface area contributed by atoms with Crippen molar-refractivity contribution >= 4 is 22.3 Å². The van der Waals surface area contributed by atoms with Gasteiger partial charge in [-0.05, 0) is 37.1 Å². The van der Waals surface area contributed by atoms with Crippen LogP contribution in [0.2, 0.25) is 0 Å². The normalized spacial score (nSPS) is 15.1. The van der Waals surface area contributed by atoms with Crippen molar-refractivity contribution in [1.29, 1.82) is 0 Å². The highest BCUT2D eigenvalue weighted by Gasteiger charge is 2.22. The van der Waals surface area contributed by atoms with Gasteiger partial charge in [0, 0.05) is 42.5 Å². The number of para-hydroxylation sites is 2. The van der Waals surface area contributed by atoms with Crippen LogP contribution >= 0.6 is 0 Å². The van der Waals surface area contributed by atoms with Crippen molar-refractivity contribution in [1.82, 2.24) is 4.98 Å². The molecule has 1 aliphatic rings. The number of aromatic nitrogens is 1. The van der Waals surface area contributed by atoms with E-state index in [1.807, 2.05) is 30.3 Å². The van der Waals surface area contributed by atoms with E-state index in [9.17, 15) is 8.78 Å². The lowest BCUT2D eigenvalue weighted by Crippen LogP contribution is -2.39. The van der Waals surface area contributed by atoms with E-state index < -0.39 is 11.6 Å². The molecule has 4 rings (SSSR count). The van der Waals surface area contributed by atoms with Crippen LogP contribution in [0.15, 0.2) is 48.7 Å². The number of halogens is 2. The third-order valence-electron chi connectivity index (χ3n) is 5.04. The second-order valence-corrected chi connectivity index (χ2v) is 6.72. The minimum atomic E-state index is -0.625. The molecule has 0 saturated carbocycles. The van der Waals surface area contributed by atoms with E-state index in [2.05, 4.69) is 15.2 Å². The van der Waals surface area contributed by atoms with Gasteiger partial charge in [0.25, 0.3) is 0 Å². The SMILES string of the molecule is COc1ccccc1NC1CCN(c2ccnc3c(F)cc(F)cc23)CC1. The van der Waals surface area contributed by atoms with Gasteiger partial charge in [-0.2, -0.15) is 0 Å². The Hall–Kier alpha value is -2.89. The van der Waals surface area contributed by atoms with Crippen LogP contribution in [-0.4, -0.2) is 31.2 Å². The fraction of sp³-hybridized carbons (Fsp3) is 0.286. The van der Waals surface area contributed by atoms with Crippen molar-refractivity contribution in [2.75, 3.05) is 30.4 Å². The first-order valence-corrected chi connectivity index (χ1v) is 9.04. The maximum absolute atomic E-state index is 14.0. The first-order valence-electron chi connectivity index (χ1n) is 9.04. The summed E-state index contributed by atoms with van der Waals surface area (Å²) < 4.78 is 33.1. The standard InChI is InChI=1S/C21H21F2N3O/c1-27-20-5-3-2-4-18(20)25-15-7-10-26(11-8-15)19-6-9-24-21-16(19)12-14(22)13-17(21)23/h2-6,9,12-13,15,25H,7-8,10-11H2,1H3. The van der Waals surface area contributed by atoms with Crippen LogP contribution < -0.4 is 15.0 Å². The lowest BCUT2D eigenvalue weighted by Gasteiger charge is -2.35. The molecule has 0 bridgehead atoms. The summed E-state index contributed by atoms with van der Waals surface area (Å²) in [7, 11) is 1.66. The van der Waals surface area contributed by atoms with Gasteiger partial charge in [0.15, 0.2) is 5.82 Å². The predicted molar refractivity (Wildman–Crippen MR) is 104 cm³/mol. The fourth-order valence-electron chi connectivity index (χ4n) is 3.69. The van der Waals surface area contributed by atoms with Crippen LogP contribution in [0.1, 0.15) is 12.8 Å². The van der Waals surface area contributed by atoms with Gasteiger partial charge in [-0.15, -0.1) is 0 Å². The summed E-state index contributed by atoms with van der Waals surface area (Å²) in [6, 6.07) is 12.2. The van der Waals surface area contributed by atoms with Crippen molar-refractivity contribution in [3.8, 4) is 5.75 Å². The number of anilines is 2. The van der Waals surface area contributed by atoms with E-state index in [0.717, 1.165) is 49.1 Å². The van der Waals surface area contributed by atoms with Crippen LogP contribution in [0, 0.1) is 11.6 Å². The van der Waals surface area contributed by atoms with Crippen molar-refractivity contribution in [2.24, 2.45) is 0 Å². The lowest BCUT2D eigenvalue weighted by atomic mass is 10.0. The monoisotopic (exact) mass is 369 g/mol. The molecule has 2 heterocycles. The average molecular weight is 369 g/mol. The van der Waals surface area contributed by atoms with Gasteiger partial charge in [-0.3, -0.25) is 4.98 Å². The average Bonchev–Trinajstić information content (AvgIpc) is 2.69. The number of benzene rings is 2. The maximum atomic E-state index is 14.0. The van der Waals surface area contributed by atoms with Crippen LogP contribution in [-0.2, 0) is 0 Å². The molecule has 0 atom stereocenters. The van der Waals surface area contributed by atoms with Crippen molar-refractivity contribution in [3.63, 3.8) is 0 Å². The highest BCUT2D eigenvalue weighted by Crippen LogP contribution is 2.31. The van der Waals surface area contributed by atoms with Gasteiger partial charge in [0.1, 0.15) is 17.1 Å². The highest BCUT2D eigenvalue weighted by molar-refractivity contribution is 5.92. The molecule has 2 aromatic carbocycles. The largest absolute Gasteiger partial charge is 0.495 e. The molecule has 4 nitrogen and oxygen atoms in total. The predicted octanol–water partition coefficient (Wildman–Crippen LogP) is 4.60. The molecular weight excluding hydrogens is 348 g/mol. The number of nitrogens with zero attached hydrogens (tertiary/aromatic N) is 2. The number of nitrogens with one attached hydrogen (secondary N) is 1. The van der Waals surface area contributed by atoms with Crippen LogP contribution in [0.3, 0.4) is 0 Å². The zero-order valence-corrected chi connectivity index (χ0v) is 15.1. The number of hydrogen-bond acceptors (Lipinski definition) is 4. The number of hydrogen-bond donors (Lipinski definition) is 1. The van der Waals surface area contributed by atoms with Gasteiger partial charge in [-0.25, -0.2) is 8.78 Å². The van der Waals surface area contributed by atoms with E-state index in [4.69, 9.17) is 4.74 Å². The Morgan fingerprint density at radius 2 is 1.89 bits per heavy atom. The molecule has 0 aliphatic carbocycles. The van der Waals surface area contributed by atoms with Gasteiger partial charge in [0.2, 0.25) is 0 Å². The quantitative estimate of drug-likeness (QED) is 0.729. The summed E-state index contributed by atoms with van der Waals surface area (Å²) in [5.41, 5.74) is 2.02. The molecule has 1 aromatic heterocycles. The maximum Gasteiger partial charge on any atom is 0.152 e. The Labute approximate surface area is 156 Å². The van der Waals surface area contributed by atoms with Gasteiger partial charge < -0.3 is 15.0 Å². The molecule has 1 fully saturated rings. The Balaban J connectivity index is 1.51. The van der Waals surface area contributed by atoms with Gasteiger partial charge >= 0.3 is 0 Å². The van der Waals surface area contributed by atoms with E-state index in [1.54, 1.807) is 13.3 Å². The zero-order valence-electron chi connectivity index (χ0n) is 15.1. The van der Waals surface area contributed by atoms with E-state index >= 15 is 0 Å². The van der Waals surface area contributed by atoms with Crippen molar-refractivity contribution < 1.29 is 13.5 Å². The second-order valence-electron chi connectivity index (χ2n) is 6.72. The second kappa shape index (κ2) is 7.39. The molecular formula is C21H21F2N3O. The summed E-state index contributed by atoms with van der Waals surface area (Å²) in [6.07, 6.45) is 3.41. The molecule has 0 spiro atoms. The first-order chi connectivity index (χ1) is 13.2. The number of pyridine rings is 1. The van der Waals surface area contributed by atoms with Crippen molar-refractivity contribution in [3.05, 3.63) is 60.3 Å². The molecule has 6 heteroatoms. The Morgan fingerprint density at radius 3 is 2.67 bits per heavy atom. The number of fused-ring (bicyclic) bond motifs is 1. The summed E-state index contributed by atoms with van der Waals surface area (Å²) in [5, 5.41) is 4.06. The van der Waals surface area contributed by atoms with E-state index in [0.29, 0.717) is 11.4 Å². The minimum Gasteiger partial charge on any atom is -0.495 e. The number of piperidine rings is 1.